The topological polar surface area (TPSA) is 32.3 Å². The van der Waals surface area contributed by atoms with Crippen LogP contribution in [0.2, 0.25) is 0 Å². The fourth-order valence-electron chi connectivity index (χ4n) is 5.93. The zero-order valence-electron chi connectivity index (χ0n) is 15.0. The van der Waals surface area contributed by atoms with Gasteiger partial charge in [0.25, 0.3) is 0 Å². The van der Waals surface area contributed by atoms with Gasteiger partial charge in [0.15, 0.2) is 0 Å². The van der Waals surface area contributed by atoms with Crippen LogP contribution in [0.3, 0.4) is 0 Å². The van der Waals surface area contributed by atoms with Gasteiger partial charge in [0, 0.05) is 36.5 Å². The van der Waals surface area contributed by atoms with Crippen LogP contribution in [-0.2, 0) is 16.6 Å². The lowest BCUT2D eigenvalue weighted by molar-refractivity contribution is -0.134. The molecule has 2 heterocycles. The smallest absolute Gasteiger partial charge is 0.226 e. The van der Waals surface area contributed by atoms with Crippen molar-refractivity contribution >= 4 is 18.3 Å². The summed E-state index contributed by atoms with van der Waals surface area (Å²) in [5.41, 5.74) is 3.14. The zero-order valence-corrected chi connectivity index (χ0v) is 15.9. The molecule has 4 atom stereocenters. The molecule has 0 radical (unpaired) electrons. The minimum atomic E-state index is 0. The van der Waals surface area contributed by atoms with Gasteiger partial charge in [0.05, 0.1) is 0 Å². The molecule has 4 heteroatoms. The molecule has 1 aromatic rings. The second-order valence-corrected chi connectivity index (χ2v) is 8.64. The van der Waals surface area contributed by atoms with Crippen LogP contribution in [-0.4, -0.2) is 36.0 Å². The van der Waals surface area contributed by atoms with Crippen molar-refractivity contribution in [2.24, 2.45) is 5.92 Å². The predicted molar refractivity (Wildman–Crippen MR) is 102 cm³/mol. The van der Waals surface area contributed by atoms with E-state index in [0.29, 0.717) is 24.0 Å². The number of fused-ring (bicyclic) bond motifs is 4. The lowest BCUT2D eigenvalue weighted by Gasteiger charge is -2.36. The molecule has 1 amide bonds. The minimum Gasteiger partial charge on any atom is -0.342 e. The molecular formula is C21H29ClN2O. The number of carbonyl (C=O) groups excluding carboxylic acids is 1. The standard InChI is InChI=1S/C21H28N2O.ClH/c1-23(17-11-15-8-9-16(12-17)22-15)20(24)19-13-21(19)10-4-6-14-5-2-3-7-18(14)21;/h2-3,5,7,15-17,19,22H,4,6,8-13H2,1H3;1H. The Labute approximate surface area is 157 Å². The second kappa shape index (κ2) is 6.28. The Kier molecular flexibility index (Phi) is 4.36. The monoisotopic (exact) mass is 360 g/mol. The number of carbonyl (C=O) groups is 1. The molecular weight excluding hydrogens is 332 g/mol. The van der Waals surface area contributed by atoms with E-state index < -0.39 is 0 Å². The Bertz CT molecular complexity index is 666. The first-order chi connectivity index (χ1) is 11.7. The summed E-state index contributed by atoms with van der Waals surface area (Å²) >= 11 is 0. The average molecular weight is 361 g/mol. The number of nitrogens with one attached hydrogen (secondary N) is 1. The molecule has 5 rings (SSSR count). The fraction of sp³-hybridized carbons (Fsp3) is 0.667. The lowest BCUT2D eigenvalue weighted by atomic mass is 9.78. The number of nitrogens with zero attached hydrogens (tertiary/aromatic N) is 1. The maximum Gasteiger partial charge on any atom is 0.226 e. The number of hydrogen-bond donors (Lipinski definition) is 1. The van der Waals surface area contributed by atoms with Crippen molar-refractivity contribution in [3.8, 4) is 0 Å². The number of piperidine rings is 1. The molecule has 1 saturated carbocycles. The first-order valence-electron chi connectivity index (χ1n) is 9.78. The summed E-state index contributed by atoms with van der Waals surface area (Å²) in [6.45, 7) is 0. The Hall–Kier alpha value is -1.06. The molecule has 25 heavy (non-hydrogen) atoms. The lowest BCUT2D eigenvalue weighted by Crippen LogP contribution is -2.49. The van der Waals surface area contributed by atoms with Crippen LogP contribution in [0.4, 0.5) is 0 Å². The first kappa shape index (κ1) is 17.4. The second-order valence-electron chi connectivity index (χ2n) is 8.64. The molecule has 136 valence electrons. The van der Waals surface area contributed by atoms with E-state index in [9.17, 15) is 4.79 Å². The van der Waals surface area contributed by atoms with Gasteiger partial charge in [-0.25, -0.2) is 0 Å². The Balaban J connectivity index is 0.00000157. The summed E-state index contributed by atoms with van der Waals surface area (Å²) in [6, 6.07) is 10.6. The summed E-state index contributed by atoms with van der Waals surface area (Å²) in [4.78, 5) is 15.4. The van der Waals surface area contributed by atoms with E-state index in [1.54, 1.807) is 0 Å². The number of hydrogen-bond acceptors (Lipinski definition) is 2. The van der Waals surface area contributed by atoms with Gasteiger partial charge in [-0.15, -0.1) is 12.4 Å². The van der Waals surface area contributed by atoms with E-state index in [0.717, 1.165) is 19.3 Å². The molecule has 2 saturated heterocycles. The molecule has 0 aromatic heterocycles. The van der Waals surface area contributed by atoms with Gasteiger partial charge in [0.1, 0.15) is 0 Å². The average Bonchev–Trinajstić information content (AvgIpc) is 3.23. The van der Waals surface area contributed by atoms with Crippen LogP contribution in [0.25, 0.3) is 0 Å². The summed E-state index contributed by atoms with van der Waals surface area (Å²) in [5.74, 6) is 0.648. The van der Waals surface area contributed by atoms with Gasteiger partial charge in [-0.3, -0.25) is 4.79 Å². The van der Waals surface area contributed by atoms with E-state index in [2.05, 4.69) is 41.5 Å². The van der Waals surface area contributed by atoms with Gasteiger partial charge in [-0.05, 0) is 62.5 Å². The van der Waals surface area contributed by atoms with Crippen LogP contribution in [0.5, 0.6) is 0 Å². The van der Waals surface area contributed by atoms with Crippen LogP contribution >= 0.6 is 12.4 Å². The predicted octanol–water partition coefficient (Wildman–Crippen LogP) is 3.44. The summed E-state index contributed by atoms with van der Waals surface area (Å²) in [6.07, 6.45) is 9.59. The van der Waals surface area contributed by atoms with Crippen molar-refractivity contribution in [3.63, 3.8) is 0 Å². The largest absolute Gasteiger partial charge is 0.342 e. The number of rotatable bonds is 2. The highest BCUT2D eigenvalue weighted by Crippen LogP contribution is 2.61. The van der Waals surface area contributed by atoms with Crippen molar-refractivity contribution < 1.29 is 4.79 Å². The molecule has 4 unspecified atom stereocenters. The molecule has 2 aliphatic carbocycles. The minimum absolute atomic E-state index is 0. The number of benzene rings is 1. The van der Waals surface area contributed by atoms with Crippen molar-refractivity contribution in [2.75, 3.05) is 7.05 Å². The Morgan fingerprint density at radius 3 is 2.68 bits per heavy atom. The third-order valence-corrected chi connectivity index (χ3v) is 7.34. The van der Waals surface area contributed by atoms with Crippen molar-refractivity contribution in [2.45, 2.75) is 74.9 Å². The van der Waals surface area contributed by atoms with Crippen LogP contribution in [0.15, 0.2) is 24.3 Å². The molecule has 1 N–H and O–H groups in total. The summed E-state index contributed by atoms with van der Waals surface area (Å²) < 4.78 is 0. The Morgan fingerprint density at radius 2 is 1.92 bits per heavy atom. The maximum atomic E-state index is 13.2. The van der Waals surface area contributed by atoms with Crippen LogP contribution in [0, 0.1) is 5.92 Å². The maximum absolute atomic E-state index is 13.2. The van der Waals surface area contributed by atoms with E-state index in [-0.39, 0.29) is 23.7 Å². The highest BCUT2D eigenvalue weighted by Gasteiger charge is 2.61. The van der Waals surface area contributed by atoms with Crippen LogP contribution < -0.4 is 5.32 Å². The van der Waals surface area contributed by atoms with Gasteiger partial charge in [-0.1, -0.05) is 24.3 Å². The van der Waals surface area contributed by atoms with Gasteiger partial charge in [0.2, 0.25) is 5.91 Å². The SMILES string of the molecule is CN(C(=O)C1CC12CCCc1ccccc12)C1CC2CCC(C1)N2.Cl. The number of halogens is 1. The van der Waals surface area contributed by atoms with Gasteiger partial charge >= 0.3 is 0 Å². The summed E-state index contributed by atoms with van der Waals surface area (Å²) in [5, 5.41) is 3.69. The van der Waals surface area contributed by atoms with E-state index in [4.69, 9.17) is 0 Å². The number of aryl methyl sites for hydroxylation is 1. The normalized spacial score (nSPS) is 38.0. The molecule has 2 aliphatic heterocycles. The highest BCUT2D eigenvalue weighted by molar-refractivity contribution is 5.85. The van der Waals surface area contributed by atoms with Gasteiger partial charge in [-0.2, -0.15) is 0 Å². The van der Waals surface area contributed by atoms with Gasteiger partial charge < -0.3 is 10.2 Å². The highest BCUT2D eigenvalue weighted by atomic mass is 35.5. The van der Waals surface area contributed by atoms with Crippen molar-refractivity contribution in [1.82, 2.24) is 10.2 Å². The molecule has 2 bridgehead atoms. The van der Waals surface area contributed by atoms with Crippen molar-refractivity contribution in [1.29, 1.82) is 0 Å². The quantitative estimate of drug-likeness (QED) is 0.876. The third-order valence-electron chi connectivity index (χ3n) is 7.34. The van der Waals surface area contributed by atoms with E-state index >= 15 is 0 Å². The first-order valence-corrected chi connectivity index (χ1v) is 9.78. The zero-order chi connectivity index (χ0) is 16.3. The van der Waals surface area contributed by atoms with E-state index in [1.165, 1.54) is 43.2 Å². The third kappa shape index (κ3) is 2.71. The van der Waals surface area contributed by atoms with Crippen molar-refractivity contribution in [3.05, 3.63) is 35.4 Å². The molecule has 3 nitrogen and oxygen atoms in total. The molecule has 1 spiro atoms. The van der Waals surface area contributed by atoms with Crippen LogP contribution in [0.1, 0.15) is 56.1 Å². The Morgan fingerprint density at radius 1 is 1.20 bits per heavy atom. The number of amides is 1. The molecule has 4 aliphatic rings. The molecule has 1 aromatic carbocycles. The summed E-state index contributed by atoms with van der Waals surface area (Å²) in [7, 11) is 2.07. The molecule has 3 fully saturated rings. The van der Waals surface area contributed by atoms with E-state index in [1.807, 2.05) is 0 Å². The fourth-order valence-corrected chi connectivity index (χ4v) is 5.93.